The number of benzene rings is 1. The summed E-state index contributed by atoms with van der Waals surface area (Å²) in [5.74, 6) is 0. The Morgan fingerprint density at radius 1 is 1.13 bits per heavy atom. The van der Waals surface area contributed by atoms with Crippen molar-refractivity contribution >= 4 is 55.8 Å². The van der Waals surface area contributed by atoms with Gasteiger partial charge >= 0.3 is 0 Å². The number of pyridine rings is 1. The second-order valence-electron chi connectivity index (χ2n) is 9.58. The van der Waals surface area contributed by atoms with Gasteiger partial charge in [0.2, 0.25) is 0 Å². The van der Waals surface area contributed by atoms with Crippen molar-refractivity contribution in [2.75, 3.05) is 45.6 Å². The first-order valence-electron chi connectivity index (χ1n) is 13.6. The fraction of sp³-hybridized carbons (Fsp3) is 0.433. The van der Waals surface area contributed by atoms with Gasteiger partial charge in [-0.15, -0.1) is 11.3 Å². The van der Waals surface area contributed by atoms with Gasteiger partial charge < -0.3 is 24.9 Å². The van der Waals surface area contributed by atoms with Crippen LogP contribution < -0.4 is 5.32 Å². The maximum atomic E-state index is 9.17. The van der Waals surface area contributed by atoms with E-state index in [2.05, 4.69) is 88.4 Å². The molecule has 2 N–H and O–H groups in total. The third-order valence-electron chi connectivity index (χ3n) is 6.28. The van der Waals surface area contributed by atoms with Crippen LogP contribution in [-0.4, -0.2) is 71.3 Å². The smallest absolute Gasteiger partial charge is 0.139 e. The van der Waals surface area contributed by atoms with Gasteiger partial charge in [0.25, 0.3) is 0 Å². The highest BCUT2D eigenvalue weighted by molar-refractivity contribution is 7.16. The standard InChI is InChI=1S/C20H19N5S.C7H17N.C3H6O/c1-25-8-5-13(6-9-25)18-11-15-16(4-7-21-20(15)24-18)23-14-2-3-17-19(10-14)26-12-22-17;1-4-6-8(3)7-5-2;1-2-3-4/h2-5,7,10-12H,6,8-9H2,1H3,(H2,21,23,24);4-7H2,1-3H3;3H,2H2,1H3. The molecule has 204 valence electrons. The maximum Gasteiger partial charge on any atom is 0.139 e. The Labute approximate surface area is 231 Å². The van der Waals surface area contributed by atoms with Crippen molar-refractivity contribution in [2.45, 2.75) is 46.5 Å². The second-order valence-corrected chi connectivity index (χ2v) is 10.5. The van der Waals surface area contributed by atoms with E-state index < -0.39 is 0 Å². The largest absolute Gasteiger partial charge is 0.355 e. The summed E-state index contributed by atoms with van der Waals surface area (Å²) in [4.78, 5) is 26.2. The molecular formula is C30H42N6OS. The zero-order valence-corrected chi connectivity index (χ0v) is 24.3. The summed E-state index contributed by atoms with van der Waals surface area (Å²) in [6.07, 6.45) is 9.28. The Balaban J connectivity index is 0.000000282. The molecule has 38 heavy (non-hydrogen) atoms. The lowest BCUT2D eigenvalue weighted by Gasteiger charge is -2.21. The number of H-pyrrole nitrogens is 1. The normalized spacial score (nSPS) is 13.5. The Morgan fingerprint density at radius 2 is 1.89 bits per heavy atom. The minimum Gasteiger partial charge on any atom is -0.355 e. The molecule has 0 atom stereocenters. The van der Waals surface area contributed by atoms with Gasteiger partial charge in [-0.2, -0.15) is 0 Å². The first kappa shape index (κ1) is 29.5. The number of carbonyl (C=O) groups excluding carboxylic acids is 1. The van der Waals surface area contributed by atoms with Gasteiger partial charge in [0.1, 0.15) is 11.9 Å². The van der Waals surface area contributed by atoms with Gasteiger partial charge in [-0.3, -0.25) is 0 Å². The highest BCUT2D eigenvalue weighted by Crippen LogP contribution is 2.31. The van der Waals surface area contributed by atoms with Crippen LogP contribution in [0.25, 0.3) is 26.8 Å². The third kappa shape index (κ3) is 8.48. The fourth-order valence-corrected chi connectivity index (χ4v) is 5.00. The highest BCUT2D eigenvalue weighted by Gasteiger charge is 2.14. The summed E-state index contributed by atoms with van der Waals surface area (Å²) in [5.41, 5.74) is 8.52. The molecule has 8 heteroatoms. The predicted octanol–water partition coefficient (Wildman–Crippen LogP) is 6.97. The molecule has 0 unspecified atom stereocenters. The number of hydrogen-bond donors (Lipinski definition) is 2. The zero-order valence-electron chi connectivity index (χ0n) is 23.5. The van der Waals surface area contributed by atoms with Crippen LogP contribution >= 0.6 is 11.3 Å². The summed E-state index contributed by atoms with van der Waals surface area (Å²) >= 11 is 1.66. The van der Waals surface area contributed by atoms with Crippen molar-refractivity contribution in [3.63, 3.8) is 0 Å². The maximum absolute atomic E-state index is 9.17. The average molecular weight is 535 g/mol. The predicted molar refractivity (Wildman–Crippen MR) is 164 cm³/mol. The van der Waals surface area contributed by atoms with Crippen LogP contribution in [0.4, 0.5) is 11.4 Å². The van der Waals surface area contributed by atoms with Crippen LogP contribution in [-0.2, 0) is 4.79 Å². The SMILES string of the molecule is CCC=O.CCCN(C)CCC.CN1CC=C(c2cc3c(Nc4ccc5ncsc5c4)ccnc3[nH]2)CC1. The Hall–Kier alpha value is -3.07. The van der Waals surface area contributed by atoms with E-state index in [0.29, 0.717) is 6.42 Å². The highest BCUT2D eigenvalue weighted by atomic mass is 32.1. The Morgan fingerprint density at radius 3 is 2.55 bits per heavy atom. The number of nitrogens with one attached hydrogen (secondary N) is 2. The molecule has 0 aliphatic carbocycles. The van der Waals surface area contributed by atoms with Crippen LogP contribution in [0, 0.1) is 0 Å². The molecule has 1 aliphatic rings. The van der Waals surface area contributed by atoms with E-state index in [1.807, 2.05) is 24.7 Å². The number of aromatic nitrogens is 3. The third-order valence-corrected chi connectivity index (χ3v) is 7.07. The van der Waals surface area contributed by atoms with Crippen molar-refractivity contribution < 1.29 is 4.79 Å². The van der Waals surface area contributed by atoms with Crippen LogP contribution in [0.1, 0.15) is 52.1 Å². The Kier molecular flexibility index (Phi) is 11.9. The molecule has 0 amide bonds. The van der Waals surface area contributed by atoms with Crippen LogP contribution in [0.5, 0.6) is 0 Å². The summed E-state index contributed by atoms with van der Waals surface area (Å²) < 4.78 is 1.19. The molecule has 0 saturated heterocycles. The number of aromatic amines is 1. The molecule has 4 aromatic rings. The summed E-state index contributed by atoms with van der Waals surface area (Å²) in [6.45, 7) is 10.8. The van der Waals surface area contributed by atoms with Crippen molar-refractivity contribution in [2.24, 2.45) is 0 Å². The molecule has 0 saturated carbocycles. The van der Waals surface area contributed by atoms with Gasteiger partial charge in [0.15, 0.2) is 0 Å². The van der Waals surface area contributed by atoms with Crippen molar-refractivity contribution in [3.05, 3.63) is 53.8 Å². The van der Waals surface area contributed by atoms with E-state index in [4.69, 9.17) is 0 Å². The minimum absolute atomic E-state index is 0.639. The van der Waals surface area contributed by atoms with Gasteiger partial charge in [-0.25, -0.2) is 9.97 Å². The van der Waals surface area contributed by atoms with E-state index in [1.165, 1.54) is 41.9 Å². The van der Waals surface area contributed by atoms with E-state index in [-0.39, 0.29) is 0 Å². The number of likely N-dealkylation sites (N-methyl/N-ethyl adjacent to an activating group) is 1. The number of rotatable bonds is 8. The van der Waals surface area contributed by atoms with Crippen molar-refractivity contribution in [1.29, 1.82) is 0 Å². The topological polar surface area (TPSA) is 77.2 Å². The molecule has 0 fully saturated rings. The van der Waals surface area contributed by atoms with E-state index in [0.717, 1.165) is 53.7 Å². The van der Waals surface area contributed by atoms with Crippen molar-refractivity contribution in [1.82, 2.24) is 24.8 Å². The number of aldehydes is 1. The number of carbonyl (C=O) groups is 1. The lowest BCUT2D eigenvalue weighted by atomic mass is 10.1. The fourth-order valence-electron chi connectivity index (χ4n) is 4.29. The van der Waals surface area contributed by atoms with Crippen molar-refractivity contribution in [3.8, 4) is 0 Å². The number of nitrogens with zero attached hydrogens (tertiary/aromatic N) is 4. The minimum atomic E-state index is 0.639. The molecule has 0 spiro atoms. The van der Waals surface area contributed by atoms with Crippen LogP contribution in [0.2, 0.25) is 0 Å². The second kappa shape index (κ2) is 15.4. The molecule has 0 bridgehead atoms. The number of thiazole rings is 1. The lowest BCUT2D eigenvalue weighted by molar-refractivity contribution is -0.107. The van der Waals surface area contributed by atoms with Gasteiger partial charge in [-0.1, -0.05) is 26.8 Å². The van der Waals surface area contributed by atoms with Gasteiger partial charge in [0.05, 0.1) is 21.4 Å². The van der Waals surface area contributed by atoms with Crippen LogP contribution in [0.3, 0.4) is 0 Å². The first-order chi connectivity index (χ1) is 18.5. The lowest BCUT2D eigenvalue weighted by Crippen LogP contribution is -2.23. The molecule has 4 heterocycles. The molecule has 7 nitrogen and oxygen atoms in total. The molecule has 1 aromatic carbocycles. The van der Waals surface area contributed by atoms with E-state index >= 15 is 0 Å². The number of anilines is 2. The van der Waals surface area contributed by atoms with Gasteiger partial charge in [-0.05, 0) is 82.4 Å². The van der Waals surface area contributed by atoms with Crippen LogP contribution in [0.15, 0.2) is 48.1 Å². The molecule has 3 aromatic heterocycles. The van der Waals surface area contributed by atoms with Gasteiger partial charge in [0, 0.05) is 42.5 Å². The number of hydrogen-bond acceptors (Lipinski definition) is 7. The zero-order chi connectivity index (χ0) is 27.3. The molecule has 0 radical (unpaired) electrons. The quantitative estimate of drug-likeness (QED) is 0.238. The first-order valence-corrected chi connectivity index (χ1v) is 14.4. The molecule has 5 rings (SSSR count). The summed E-state index contributed by atoms with van der Waals surface area (Å²) in [5, 5.41) is 4.66. The van der Waals surface area contributed by atoms with E-state index in [9.17, 15) is 4.79 Å². The summed E-state index contributed by atoms with van der Waals surface area (Å²) in [6, 6.07) is 10.5. The summed E-state index contributed by atoms with van der Waals surface area (Å²) in [7, 11) is 4.33. The van der Waals surface area contributed by atoms with E-state index in [1.54, 1.807) is 11.3 Å². The monoisotopic (exact) mass is 534 g/mol. The molecule has 1 aliphatic heterocycles. The number of fused-ring (bicyclic) bond motifs is 2. The molecular weight excluding hydrogens is 492 g/mol. The average Bonchev–Trinajstić information content (AvgIpc) is 3.57. The Bertz CT molecular complexity index is 1300.